The number of aliphatic hydroxyl groups excluding tert-OH is 1. The largest absolute Gasteiger partial charge is 0.502 e. The van der Waals surface area contributed by atoms with E-state index in [0.29, 0.717) is 5.69 Å². The van der Waals surface area contributed by atoms with Crippen LogP contribution in [0.25, 0.3) is 10.9 Å². The Morgan fingerprint density at radius 1 is 1.47 bits per heavy atom. The molecule has 2 aromatic rings. The number of aliphatic hydroxyl groups is 1. The Morgan fingerprint density at radius 3 is 2.89 bits per heavy atom. The number of hydrogen-bond acceptors (Lipinski definition) is 3. The Labute approximate surface area is 114 Å². The minimum atomic E-state index is -0.440. The van der Waals surface area contributed by atoms with Gasteiger partial charge >= 0.3 is 0 Å². The van der Waals surface area contributed by atoms with Crippen LogP contribution in [0.2, 0.25) is 0 Å². The molecule has 19 heavy (non-hydrogen) atoms. The molecule has 0 saturated heterocycles. The van der Waals surface area contributed by atoms with Crippen LogP contribution in [0.3, 0.4) is 0 Å². The molecular weight excluding hydrogens is 264 g/mol. The van der Waals surface area contributed by atoms with Crippen molar-refractivity contribution in [1.29, 1.82) is 0 Å². The van der Waals surface area contributed by atoms with Crippen LogP contribution < -0.4 is 0 Å². The first-order valence-electron chi connectivity index (χ1n) is 5.83. The average molecular weight is 276 g/mol. The summed E-state index contributed by atoms with van der Waals surface area (Å²) in [6.45, 7) is 0. The zero-order valence-electron chi connectivity index (χ0n) is 10.2. The number of rotatable bonds is 3. The lowest BCUT2D eigenvalue weighted by atomic mass is 10.2. The number of carbonyl (C=O) groups is 1. The number of amides is 1. The molecule has 0 radical (unpaired) electrons. The van der Waals surface area contributed by atoms with Crippen molar-refractivity contribution in [2.45, 2.75) is 12.6 Å². The van der Waals surface area contributed by atoms with Crippen LogP contribution in [0.5, 0.6) is 0 Å². The van der Waals surface area contributed by atoms with Crippen LogP contribution in [-0.4, -0.2) is 32.8 Å². The van der Waals surface area contributed by atoms with Gasteiger partial charge in [-0.25, -0.2) is 0 Å². The van der Waals surface area contributed by atoms with Gasteiger partial charge in [-0.15, -0.1) is 0 Å². The van der Waals surface area contributed by atoms with E-state index >= 15 is 0 Å². The fourth-order valence-corrected chi connectivity index (χ4v) is 2.70. The number of fused-ring (bicyclic) bond motifs is 3. The molecular formula is C13H12N2O3S. The van der Waals surface area contributed by atoms with Crippen LogP contribution in [0.1, 0.15) is 23.1 Å². The van der Waals surface area contributed by atoms with Crippen molar-refractivity contribution in [2.75, 3.05) is 7.11 Å². The Morgan fingerprint density at radius 2 is 2.21 bits per heavy atom. The van der Waals surface area contributed by atoms with E-state index in [1.54, 1.807) is 0 Å². The topological polar surface area (TPSA) is 54.7 Å². The predicted molar refractivity (Wildman–Crippen MR) is 74.0 cm³/mol. The van der Waals surface area contributed by atoms with Gasteiger partial charge in [-0.05, 0) is 24.4 Å². The van der Waals surface area contributed by atoms with Crippen LogP contribution in [-0.2, 0) is 4.84 Å². The highest BCUT2D eigenvalue weighted by Gasteiger charge is 2.39. The Hall–Kier alpha value is -1.92. The van der Waals surface area contributed by atoms with Crippen LogP contribution >= 0.6 is 12.2 Å². The first-order chi connectivity index (χ1) is 9.13. The smallest absolute Gasteiger partial charge is 0.296 e. The number of hydrogen-bond donors (Lipinski definition) is 1. The van der Waals surface area contributed by atoms with E-state index in [0.717, 1.165) is 10.9 Å². The summed E-state index contributed by atoms with van der Waals surface area (Å²) < 4.78 is 1.85. The molecule has 1 aliphatic rings. The Bertz CT molecular complexity index is 680. The van der Waals surface area contributed by atoms with E-state index < -0.39 is 6.17 Å². The lowest BCUT2D eigenvalue weighted by Crippen LogP contribution is -2.29. The minimum absolute atomic E-state index is 0.148. The maximum atomic E-state index is 12.2. The monoisotopic (exact) mass is 276 g/mol. The molecule has 0 aliphatic carbocycles. The fourth-order valence-electron chi connectivity index (χ4n) is 2.55. The van der Waals surface area contributed by atoms with Gasteiger partial charge in [0.2, 0.25) is 0 Å². The Kier molecular flexibility index (Phi) is 2.76. The van der Waals surface area contributed by atoms with Crippen molar-refractivity contribution < 1.29 is 14.7 Å². The van der Waals surface area contributed by atoms with Gasteiger partial charge in [0.1, 0.15) is 11.9 Å². The summed E-state index contributed by atoms with van der Waals surface area (Å²) >= 11 is 4.75. The second-order valence-electron chi connectivity index (χ2n) is 4.35. The summed E-state index contributed by atoms with van der Waals surface area (Å²) in [5.74, 6) is -0.222. The molecule has 5 nitrogen and oxygen atoms in total. The molecule has 1 N–H and O–H groups in total. The van der Waals surface area contributed by atoms with Crippen molar-refractivity contribution in [3.63, 3.8) is 0 Å². The molecule has 1 amide bonds. The second-order valence-corrected chi connectivity index (χ2v) is 4.82. The fraction of sp³-hybridized carbons (Fsp3) is 0.231. The van der Waals surface area contributed by atoms with Gasteiger partial charge in [0.25, 0.3) is 5.91 Å². The highest BCUT2D eigenvalue weighted by Crippen LogP contribution is 2.35. The molecule has 1 aromatic heterocycles. The molecule has 1 unspecified atom stereocenters. The summed E-state index contributed by atoms with van der Waals surface area (Å²) in [7, 11) is 1.43. The van der Waals surface area contributed by atoms with Gasteiger partial charge in [0, 0.05) is 5.39 Å². The van der Waals surface area contributed by atoms with Gasteiger partial charge in [0.15, 0.2) is 5.05 Å². The van der Waals surface area contributed by atoms with Gasteiger partial charge in [0.05, 0.1) is 19.0 Å². The normalized spacial score (nSPS) is 18.1. The number of carbonyl (C=O) groups excluding carboxylic acids is 1. The third kappa shape index (κ3) is 1.72. The number of thiocarbonyl (C=S) groups is 1. The van der Waals surface area contributed by atoms with Gasteiger partial charge in [-0.1, -0.05) is 18.2 Å². The predicted octanol–water partition coefficient (Wildman–Crippen LogP) is 2.43. The van der Waals surface area contributed by atoms with E-state index in [1.807, 2.05) is 34.9 Å². The zero-order valence-corrected chi connectivity index (χ0v) is 11.1. The number of nitrogens with zero attached hydrogens (tertiary/aromatic N) is 2. The SMILES string of the molecule is CON1C(=O)c2cc3ccccc3n2C1CC(O)=S. The maximum Gasteiger partial charge on any atom is 0.296 e. The molecule has 1 atom stereocenters. The lowest BCUT2D eigenvalue weighted by Gasteiger charge is -2.22. The lowest BCUT2D eigenvalue weighted by molar-refractivity contribution is -0.129. The second kappa shape index (κ2) is 4.32. The number of benzene rings is 1. The minimum Gasteiger partial charge on any atom is -0.502 e. The van der Waals surface area contributed by atoms with Crippen molar-refractivity contribution in [2.24, 2.45) is 0 Å². The van der Waals surface area contributed by atoms with E-state index in [2.05, 4.69) is 0 Å². The summed E-state index contributed by atoms with van der Waals surface area (Å²) in [4.78, 5) is 17.4. The van der Waals surface area contributed by atoms with Crippen molar-refractivity contribution >= 4 is 34.1 Å². The molecule has 98 valence electrons. The summed E-state index contributed by atoms with van der Waals surface area (Å²) in [6, 6.07) is 9.52. The standard InChI is InChI=1S/C13H12N2O3S/c1-18-15-11(7-12(16)19)14-9-5-3-2-4-8(9)6-10(14)13(15)17/h2-6,11H,7H2,1H3,(H,16,19). The highest BCUT2D eigenvalue weighted by molar-refractivity contribution is 7.80. The van der Waals surface area contributed by atoms with Crippen molar-refractivity contribution in [1.82, 2.24) is 9.63 Å². The van der Waals surface area contributed by atoms with Gasteiger partial charge < -0.3 is 9.67 Å². The number of hydroxylamine groups is 2. The molecule has 6 heteroatoms. The van der Waals surface area contributed by atoms with E-state index in [-0.39, 0.29) is 17.4 Å². The van der Waals surface area contributed by atoms with Crippen LogP contribution in [0.4, 0.5) is 0 Å². The first-order valence-corrected chi connectivity index (χ1v) is 6.23. The summed E-state index contributed by atoms with van der Waals surface area (Å²) in [6.07, 6.45) is -0.273. The number of para-hydroxylation sites is 1. The van der Waals surface area contributed by atoms with Gasteiger partial charge in [-0.2, -0.15) is 5.06 Å². The average Bonchev–Trinajstić information content (AvgIpc) is 2.86. The molecule has 0 bridgehead atoms. The number of aromatic nitrogens is 1. The van der Waals surface area contributed by atoms with E-state index in [4.69, 9.17) is 17.1 Å². The maximum absolute atomic E-state index is 12.2. The molecule has 0 fully saturated rings. The Balaban J connectivity index is 2.20. The first kappa shape index (κ1) is 12.1. The highest BCUT2D eigenvalue weighted by atomic mass is 32.1. The van der Waals surface area contributed by atoms with Crippen molar-refractivity contribution in [3.05, 3.63) is 36.0 Å². The quantitative estimate of drug-likeness (QED) is 0.875. The van der Waals surface area contributed by atoms with E-state index in [9.17, 15) is 9.90 Å². The summed E-state index contributed by atoms with van der Waals surface area (Å²) in [5.41, 5.74) is 1.47. The van der Waals surface area contributed by atoms with Gasteiger partial charge in [-0.3, -0.25) is 9.63 Å². The molecule has 0 spiro atoms. The third-order valence-electron chi connectivity index (χ3n) is 3.29. The van der Waals surface area contributed by atoms with E-state index in [1.165, 1.54) is 12.2 Å². The molecule has 1 aromatic carbocycles. The molecule has 1 aliphatic heterocycles. The van der Waals surface area contributed by atoms with Crippen molar-refractivity contribution in [3.8, 4) is 0 Å². The molecule has 2 heterocycles. The van der Waals surface area contributed by atoms with Crippen LogP contribution in [0, 0.1) is 0 Å². The summed E-state index contributed by atoms with van der Waals surface area (Å²) in [5, 5.41) is 11.4. The molecule has 3 rings (SSSR count). The zero-order chi connectivity index (χ0) is 13.6. The van der Waals surface area contributed by atoms with Crippen LogP contribution in [0.15, 0.2) is 30.3 Å². The third-order valence-corrected chi connectivity index (χ3v) is 3.46. The molecule has 0 saturated carbocycles.